The summed E-state index contributed by atoms with van der Waals surface area (Å²) in [7, 11) is 0. The van der Waals surface area contributed by atoms with E-state index in [2.05, 4.69) is 24.0 Å². The average molecular weight is 213 g/mol. The minimum absolute atomic E-state index is 0.101. The highest BCUT2D eigenvalue weighted by Gasteiger charge is 2.06. The lowest BCUT2D eigenvalue weighted by Gasteiger charge is -2.07. The van der Waals surface area contributed by atoms with E-state index in [-0.39, 0.29) is 5.84 Å². The number of amidine groups is 1. The molecule has 2 aromatic rings. The number of nitrogens with two attached hydrogens (primary N) is 1. The number of rotatable bonds is 2. The van der Waals surface area contributed by atoms with Crippen molar-refractivity contribution in [3.05, 3.63) is 41.1 Å². The van der Waals surface area contributed by atoms with Crippen molar-refractivity contribution in [2.24, 2.45) is 5.73 Å². The van der Waals surface area contributed by atoms with Gasteiger partial charge in [-0.2, -0.15) is 0 Å². The Balaban J connectivity index is 2.80. The van der Waals surface area contributed by atoms with Crippen LogP contribution in [0.15, 0.2) is 24.3 Å². The molecule has 3 heteroatoms. The lowest BCUT2D eigenvalue weighted by Crippen LogP contribution is -2.12. The highest BCUT2D eigenvalue weighted by atomic mass is 14.7. The molecule has 2 rings (SSSR count). The van der Waals surface area contributed by atoms with Crippen molar-refractivity contribution in [3.63, 3.8) is 0 Å². The van der Waals surface area contributed by atoms with E-state index in [0.717, 1.165) is 28.6 Å². The van der Waals surface area contributed by atoms with Crippen molar-refractivity contribution >= 4 is 16.7 Å². The van der Waals surface area contributed by atoms with Crippen molar-refractivity contribution < 1.29 is 0 Å². The van der Waals surface area contributed by atoms with Crippen LogP contribution in [0.3, 0.4) is 0 Å². The number of hydrogen-bond acceptors (Lipinski definition) is 2. The zero-order valence-electron chi connectivity index (χ0n) is 9.54. The number of fused-ring (bicyclic) bond motifs is 1. The van der Waals surface area contributed by atoms with Crippen molar-refractivity contribution in [2.75, 3.05) is 0 Å². The number of aromatic nitrogens is 1. The molecule has 1 heterocycles. The molecule has 0 saturated carbocycles. The maximum atomic E-state index is 7.59. The number of nitrogens with zero attached hydrogens (tertiary/aromatic N) is 1. The molecule has 0 fully saturated rings. The minimum Gasteiger partial charge on any atom is -0.384 e. The lowest BCUT2D eigenvalue weighted by molar-refractivity contribution is 1.14. The summed E-state index contributed by atoms with van der Waals surface area (Å²) >= 11 is 0. The fourth-order valence-electron chi connectivity index (χ4n) is 1.85. The van der Waals surface area contributed by atoms with Gasteiger partial charge in [0, 0.05) is 16.6 Å². The standard InChI is InChI=1S/C13H15N3/c1-3-9-4-5-12-10(7-9)11(13(14)15)6-8(2)16-12/h4-7H,3H2,1-2H3,(H3,14,15). The smallest absolute Gasteiger partial charge is 0.123 e. The van der Waals surface area contributed by atoms with Gasteiger partial charge in [0.25, 0.3) is 0 Å². The molecule has 0 unspecified atom stereocenters. The number of aryl methyl sites for hydroxylation is 2. The Labute approximate surface area is 94.8 Å². The van der Waals surface area contributed by atoms with Gasteiger partial charge < -0.3 is 5.73 Å². The first-order valence-electron chi connectivity index (χ1n) is 5.36. The van der Waals surface area contributed by atoms with E-state index in [1.807, 2.05) is 19.1 Å². The SMILES string of the molecule is CCc1ccc2nc(C)cc(C(=N)N)c2c1. The van der Waals surface area contributed by atoms with Crippen molar-refractivity contribution in [3.8, 4) is 0 Å². The van der Waals surface area contributed by atoms with Crippen molar-refractivity contribution in [2.45, 2.75) is 20.3 Å². The molecule has 3 N–H and O–H groups in total. The maximum Gasteiger partial charge on any atom is 0.123 e. The molecule has 0 aliphatic carbocycles. The molecule has 0 amide bonds. The summed E-state index contributed by atoms with van der Waals surface area (Å²) in [5.41, 5.74) is 9.40. The van der Waals surface area contributed by atoms with E-state index in [0.29, 0.717) is 0 Å². The summed E-state index contributed by atoms with van der Waals surface area (Å²) in [4.78, 5) is 4.44. The Morgan fingerprint density at radius 3 is 2.75 bits per heavy atom. The molecule has 16 heavy (non-hydrogen) atoms. The molecular formula is C13H15N3. The van der Waals surface area contributed by atoms with Crippen LogP contribution in [-0.2, 0) is 6.42 Å². The lowest BCUT2D eigenvalue weighted by atomic mass is 10.0. The Kier molecular flexibility index (Phi) is 2.60. The van der Waals surface area contributed by atoms with E-state index in [9.17, 15) is 0 Å². The molecule has 0 spiro atoms. The van der Waals surface area contributed by atoms with E-state index < -0.39 is 0 Å². The number of nitrogen functional groups attached to an aromatic ring is 1. The molecule has 0 aliphatic rings. The topological polar surface area (TPSA) is 62.8 Å². The summed E-state index contributed by atoms with van der Waals surface area (Å²) in [6, 6.07) is 7.99. The zero-order valence-corrected chi connectivity index (χ0v) is 9.54. The highest BCUT2D eigenvalue weighted by Crippen LogP contribution is 2.20. The number of nitrogens with one attached hydrogen (secondary N) is 1. The van der Waals surface area contributed by atoms with E-state index in [1.165, 1.54) is 5.56 Å². The fraction of sp³-hybridized carbons (Fsp3) is 0.231. The fourth-order valence-corrected chi connectivity index (χ4v) is 1.85. The van der Waals surface area contributed by atoms with Crippen LogP contribution >= 0.6 is 0 Å². The average Bonchev–Trinajstić information content (AvgIpc) is 2.27. The van der Waals surface area contributed by atoms with E-state index in [4.69, 9.17) is 11.1 Å². The van der Waals surface area contributed by atoms with Crippen LogP contribution < -0.4 is 5.73 Å². The van der Waals surface area contributed by atoms with Gasteiger partial charge in [0.1, 0.15) is 5.84 Å². The molecule has 0 bridgehead atoms. The molecule has 3 nitrogen and oxygen atoms in total. The predicted octanol–water partition coefficient (Wildman–Crippen LogP) is 2.39. The Hall–Kier alpha value is -1.90. The van der Waals surface area contributed by atoms with Crippen LogP contribution in [-0.4, -0.2) is 10.8 Å². The van der Waals surface area contributed by atoms with Crippen molar-refractivity contribution in [1.29, 1.82) is 5.41 Å². The van der Waals surface area contributed by atoms with Gasteiger partial charge in [0.2, 0.25) is 0 Å². The Morgan fingerprint density at radius 2 is 2.12 bits per heavy atom. The Morgan fingerprint density at radius 1 is 1.38 bits per heavy atom. The molecule has 0 saturated heterocycles. The van der Waals surface area contributed by atoms with Crippen molar-refractivity contribution in [1.82, 2.24) is 4.98 Å². The highest BCUT2D eigenvalue weighted by molar-refractivity contribution is 6.06. The summed E-state index contributed by atoms with van der Waals surface area (Å²) in [6.45, 7) is 4.02. The van der Waals surface area contributed by atoms with Gasteiger partial charge in [-0.05, 0) is 37.1 Å². The molecular weight excluding hydrogens is 198 g/mol. The normalized spacial score (nSPS) is 10.6. The summed E-state index contributed by atoms with van der Waals surface area (Å²) < 4.78 is 0. The molecule has 1 aromatic carbocycles. The van der Waals surface area contributed by atoms with Gasteiger partial charge >= 0.3 is 0 Å². The monoisotopic (exact) mass is 213 g/mol. The summed E-state index contributed by atoms with van der Waals surface area (Å²) in [5.74, 6) is 0.101. The molecule has 0 aliphatic heterocycles. The number of hydrogen-bond donors (Lipinski definition) is 2. The van der Waals surface area contributed by atoms with Crippen LogP contribution in [0.4, 0.5) is 0 Å². The third kappa shape index (κ3) is 1.76. The van der Waals surface area contributed by atoms with E-state index in [1.54, 1.807) is 0 Å². The predicted molar refractivity (Wildman–Crippen MR) is 66.9 cm³/mol. The van der Waals surface area contributed by atoms with Crippen LogP contribution in [0, 0.1) is 12.3 Å². The second-order valence-corrected chi connectivity index (χ2v) is 3.93. The first kappa shape index (κ1) is 10.6. The second-order valence-electron chi connectivity index (χ2n) is 3.93. The first-order valence-corrected chi connectivity index (χ1v) is 5.36. The van der Waals surface area contributed by atoms with Gasteiger partial charge in [0.15, 0.2) is 0 Å². The molecule has 0 radical (unpaired) electrons. The third-order valence-electron chi connectivity index (χ3n) is 2.70. The van der Waals surface area contributed by atoms with Gasteiger partial charge in [-0.15, -0.1) is 0 Å². The number of pyridine rings is 1. The molecule has 82 valence electrons. The van der Waals surface area contributed by atoms with E-state index >= 15 is 0 Å². The van der Waals surface area contributed by atoms with Crippen LogP contribution in [0.1, 0.15) is 23.7 Å². The third-order valence-corrected chi connectivity index (χ3v) is 2.70. The van der Waals surface area contributed by atoms with Gasteiger partial charge in [-0.1, -0.05) is 13.0 Å². The number of benzene rings is 1. The largest absolute Gasteiger partial charge is 0.384 e. The summed E-state index contributed by atoms with van der Waals surface area (Å²) in [5, 5.41) is 8.56. The maximum absolute atomic E-state index is 7.59. The molecule has 1 aromatic heterocycles. The minimum atomic E-state index is 0.101. The van der Waals surface area contributed by atoms with Crippen LogP contribution in [0.5, 0.6) is 0 Å². The quantitative estimate of drug-likeness (QED) is 0.594. The van der Waals surface area contributed by atoms with Gasteiger partial charge in [-0.25, -0.2) is 0 Å². The Bertz CT molecular complexity index is 558. The zero-order chi connectivity index (χ0) is 11.7. The molecule has 0 atom stereocenters. The van der Waals surface area contributed by atoms with Gasteiger partial charge in [0.05, 0.1) is 5.52 Å². The van der Waals surface area contributed by atoms with Gasteiger partial charge in [-0.3, -0.25) is 10.4 Å². The van der Waals surface area contributed by atoms with Crippen LogP contribution in [0.2, 0.25) is 0 Å². The first-order chi connectivity index (χ1) is 7.61. The summed E-state index contributed by atoms with van der Waals surface area (Å²) in [6.07, 6.45) is 0.973. The van der Waals surface area contributed by atoms with Crippen LogP contribution in [0.25, 0.3) is 10.9 Å². The second kappa shape index (κ2) is 3.93.